The molecule has 2 N–H and O–H groups in total. The largest absolute Gasteiger partial charge is 0.324 e. The van der Waals surface area contributed by atoms with E-state index in [4.69, 9.17) is 5.73 Å². The highest BCUT2D eigenvalue weighted by atomic mass is 32.2. The van der Waals surface area contributed by atoms with Crippen molar-refractivity contribution in [2.24, 2.45) is 11.7 Å². The molecule has 0 aromatic rings. The Balaban J connectivity index is 2.29. The first-order valence-electron chi connectivity index (χ1n) is 5.95. The van der Waals surface area contributed by atoms with Gasteiger partial charge in [-0.25, -0.2) is 0 Å². The van der Waals surface area contributed by atoms with Crippen molar-refractivity contribution in [3.05, 3.63) is 0 Å². The molecule has 0 bridgehead atoms. The lowest BCUT2D eigenvalue weighted by Gasteiger charge is -2.34. The molecular weight excluding hydrogens is 204 g/mol. The SMILES string of the molecule is CSCCC(C)N(C)CC(C)(N)C1CC1. The molecule has 0 aliphatic heterocycles. The Morgan fingerprint density at radius 2 is 2.13 bits per heavy atom. The molecule has 0 amide bonds. The second-order valence-corrected chi connectivity index (χ2v) is 6.31. The third-order valence-electron chi connectivity index (χ3n) is 3.59. The number of likely N-dealkylation sites (N-methyl/N-ethyl adjacent to an activating group) is 1. The van der Waals surface area contributed by atoms with E-state index in [0.29, 0.717) is 6.04 Å². The highest BCUT2D eigenvalue weighted by Crippen LogP contribution is 2.38. The van der Waals surface area contributed by atoms with E-state index in [-0.39, 0.29) is 5.54 Å². The van der Waals surface area contributed by atoms with E-state index in [9.17, 15) is 0 Å². The van der Waals surface area contributed by atoms with Gasteiger partial charge in [-0.2, -0.15) is 11.8 Å². The second-order valence-electron chi connectivity index (χ2n) is 5.33. The Morgan fingerprint density at radius 1 is 1.53 bits per heavy atom. The smallest absolute Gasteiger partial charge is 0.0283 e. The Bertz CT molecular complexity index is 190. The van der Waals surface area contributed by atoms with Gasteiger partial charge in [0.1, 0.15) is 0 Å². The maximum absolute atomic E-state index is 6.34. The highest BCUT2D eigenvalue weighted by Gasteiger charge is 2.39. The summed E-state index contributed by atoms with van der Waals surface area (Å²) in [6, 6.07) is 0.652. The molecule has 0 saturated heterocycles. The molecule has 1 rings (SSSR count). The number of rotatable bonds is 7. The average Bonchev–Trinajstić information content (AvgIpc) is 2.96. The number of hydrogen-bond donors (Lipinski definition) is 1. The van der Waals surface area contributed by atoms with Gasteiger partial charge in [0.2, 0.25) is 0 Å². The van der Waals surface area contributed by atoms with Gasteiger partial charge in [-0.15, -0.1) is 0 Å². The molecule has 1 aliphatic rings. The molecule has 1 aliphatic carbocycles. The fourth-order valence-electron chi connectivity index (χ4n) is 2.07. The fourth-order valence-corrected chi connectivity index (χ4v) is 2.65. The second kappa shape index (κ2) is 5.55. The van der Waals surface area contributed by atoms with Crippen LogP contribution in [0.5, 0.6) is 0 Å². The van der Waals surface area contributed by atoms with Crippen LogP contribution in [-0.2, 0) is 0 Å². The molecule has 90 valence electrons. The molecule has 15 heavy (non-hydrogen) atoms. The molecule has 0 aromatic carbocycles. The zero-order valence-corrected chi connectivity index (χ0v) is 11.4. The van der Waals surface area contributed by atoms with E-state index < -0.39 is 0 Å². The number of nitrogens with two attached hydrogens (primary N) is 1. The van der Waals surface area contributed by atoms with Crippen molar-refractivity contribution in [3.63, 3.8) is 0 Å². The van der Waals surface area contributed by atoms with Crippen LogP contribution in [0.15, 0.2) is 0 Å². The van der Waals surface area contributed by atoms with Crippen molar-refractivity contribution in [3.8, 4) is 0 Å². The number of hydrogen-bond acceptors (Lipinski definition) is 3. The average molecular weight is 230 g/mol. The first-order chi connectivity index (χ1) is 6.97. The zero-order chi connectivity index (χ0) is 11.5. The fraction of sp³-hybridized carbons (Fsp3) is 1.00. The van der Waals surface area contributed by atoms with Crippen LogP contribution >= 0.6 is 11.8 Å². The summed E-state index contributed by atoms with van der Waals surface area (Å²) in [5.41, 5.74) is 6.37. The van der Waals surface area contributed by atoms with Crippen LogP contribution in [0.3, 0.4) is 0 Å². The van der Waals surface area contributed by atoms with Crippen LogP contribution in [0.2, 0.25) is 0 Å². The van der Waals surface area contributed by atoms with Crippen LogP contribution in [0.4, 0.5) is 0 Å². The Labute approximate surface area is 99.0 Å². The third-order valence-corrected chi connectivity index (χ3v) is 4.24. The molecule has 2 nitrogen and oxygen atoms in total. The van der Waals surface area contributed by atoms with Crippen molar-refractivity contribution in [1.29, 1.82) is 0 Å². The van der Waals surface area contributed by atoms with E-state index >= 15 is 0 Å². The highest BCUT2D eigenvalue weighted by molar-refractivity contribution is 7.98. The molecule has 0 spiro atoms. The van der Waals surface area contributed by atoms with Gasteiger partial charge < -0.3 is 10.6 Å². The van der Waals surface area contributed by atoms with Crippen molar-refractivity contribution < 1.29 is 0 Å². The van der Waals surface area contributed by atoms with Crippen LogP contribution in [-0.4, -0.2) is 42.1 Å². The summed E-state index contributed by atoms with van der Waals surface area (Å²) < 4.78 is 0. The van der Waals surface area contributed by atoms with Gasteiger partial charge in [0.25, 0.3) is 0 Å². The van der Waals surface area contributed by atoms with E-state index in [0.717, 1.165) is 12.5 Å². The molecule has 1 fully saturated rings. The molecule has 2 unspecified atom stereocenters. The summed E-state index contributed by atoms with van der Waals surface area (Å²) in [4.78, 5) is 2.43. The summed E-state index contributed by atoms with van der Waals surface area (Å²) in [5, 5.41) is 0. The number of thioether (sulfide) groups is 1. The van der Waals surface area contributed by atoms with Gasteiger partial charge in [0.05, 0.1) is 0 Å². The van der Waals surface area contributed by atoms with E-state index in [1.54, 1.807) is 0 Å². The minimum Gasteiger partial charge on any atom is -0.324 e. The summed E-state index contributed by atoms with van der Waals surface area (Å²) in [7, 11) is 2.21. The predicted octanol–water partition coefficient (Wildman–Crippen LogP) is 2.19. The van der Waals surface area contributed by atoms with Gasteiger partial charge in [-0.1, -0.05) is 0 Å². The molecule has 0 heterocycles. The Kier molecular flexibility index (Phi) is 4.94. The molecule has 3 heteroatoms. The van der Waals surface area contributed by atoms with Gasteiger partial charge >= 0.3 is 0 Å². The standard InChI is InChI=1S/C12H26N2S/c1-10(7-8-15-4)14(3)9-12(2,13)11-5-6-11/h10-11H,5-9,13H2,1-4H3. The first-order valence-corrected chi connectivity index (χ1v) is 7.35. The minimum atomic E-state index is 0.0301. The summed E-state index contributed by atoms with van der Waals surface area (Å²) in [6.07, 6.45) is 6.10. The van der Waals surface area contributed by atoms with Gasteiger partial charge in [0, 0.05) is 18.1 Å². The summed E-state index contributed by atoms with van der Waals surface area (Å²) in [5.74, 6) is 2.02. The maximum atomic E-state index is 6.34. The molecule has 1 saturated carbocycles. The van der Waals surface area contributed by atoms with Crippen LogP contribution in [0.25, 0.3) is 0 Å². The summed E-state index contributed by atoms with van der Waals surface area (Å²) >= 11 is 1.93. The lowest BCUT2D eigenvalue weighted by Crippen LogP contribution is -2.50. The van der Waals surface area contributed by atoms with E-state index in [1.165, 1.54) is 25.0 Å². The lowest BCUT2D eigenvalue weighted by molar-refractivity contribution is 0.189. The summed E-state index contributed by atoms with van der Waals surface area (Å²) in [6.45, 7) is 5.55. The Hall–Kier alpha value is 0.270. The normalized spacial score (nSPS) is 22.8. The van der Waals surface area contributed by atoms with Gasteiger partial charge in [0.15, 0.2) is 0 Å². The predicted molar refractivity (Wildman–Crippen MR) is 70.4 cm³/mol. The molecule has 0 radical (unpaired) electrons. The maximum Gasteiger partial charge on any atom is 0.0283 e. The van der Waals surface area contributed by atoms with E-state index in [2.05, 4.69) is 32.1 Å². The zero-order valence-electron chi connectivity index (χ0n) is 10.6. The van der Waals surface area contributed by atoms with Crippen molar-refractivity contribution >= 4 is 11.8 Å². The molecular formula is C12H26N2S. The molecule has 2 atom stereocenters. The van der Waals surface area contributed by atoms with Crippen molar-refractivity contribution in [1.82, 2.24) is 4.90 Å². The number of nitrogens with zero attached hydrogens (tertiary/aromatic N) is 1. The van der Waals surface area contributed by atoms with Crippen molar-refractivity contribution in [2.75, 3.05) is 25.6 Å². The molecule has 0 aromatic heterocycles. The van der Waals surface area contributed by atoms with E-state index in [1.807, 2.05) is 11.8 Å². The van der Waals surface area contributed by atoms with Gasteiger partial charge in [-0.05, 0) is 58.1 Å². The van der Waals surface area contributed by atoms with Crippen LogP contribution in [0.1, 0.15) is 33.1 Å². The van der Waals surface area contributed by atoms with Crippen LogP contribution < -0.4 is 5.73 Å². The van der Waals surface area contributed by atoms with Crippen molar-refractivity contribution in [2.45, 2.75) is 44.7 Å². The van der Waals surface area contributed by atoms with Crippen LogP contribution in [0, 0.1) is 5.92 Å². The lowest BCUT2D eigenvalue weighted by atomic mass is 9.96. The third kappa shape index (κ3) is 4.33. The first kappa shape index (κ1) is 13.3. The topological polar surface area (TPSA) is 29.3 Å². The minimum absolute atomic E-state index is 0.0301. The Morgan fingerprint density at radius 3 is 2.60 bits per heavy atom. The van der Waals surface area contributed by atoms with Gasteiger partial charge in [-0.3, -0.25) is 0 Å². The quantitative estimate of drug-likeness (QED) is 0.727. The monoisotopic (exact) mass is 230 g/mol.